The largest absolute Gasteiger partial charge is 0.303 e. The van der Waals surface area contributed by atoms with Crippen LogP contribution in [0.15, 0.2) is 23.3 Å². The second kappa shape index (κ2) is 4.78. The van der Waals surface area contributed by atoms with Crippen molar-refractivity contribution < 1.29 is 0 Å². The van der Waals surface area contributed by atoms with E-state index in [2.05, 4.69) is 5.10 Å². The number of benzene rings is 1. The molecule has 1 aromatic rings. The number of hydrogen-bond acceptors (Lipinski definition) is 4. The highest BCUT2D eigenvalue weighted by Gasteiger charge is 2.05. The van der Waals surface area contributed by atoms with E-state index in [1.807, 2.05) is 12.1 Å². The second-order valence-corrected chi connectivity index (χ2v) is 3.09. The van der Waals surface area contributed by atoms with Gasteiger partial charge in [0, 0.05) is 19.7 Å². The Hall–Kier alpha value is -2.33. The van der Waals surface area contributed by atoms with Gasteiger partial charge >= 0.3 is 0 Å². The molecule has 0 amide bonds. The number of rotatable bonds is 2. The van der Waals surface area contributed by atoms with Crippen LogP contribution in [0.25, 0.3) is 0 Å². The van der Waals surface area contributed by atoms with Crippen molar-refractivity contribution >= 4 is 6.21 Å². The van der Waals surface area contributed by atoms with Gasteiger partial charge in [-0.25, -0.2) is 0 Å². The van der Waals surface area contributed by atoms with Crippen molar-refractivity contribution in [2.24, 2.45) is 5.10 Å². The van der Waals surface area contributed by atoms with E-state index < -0.39 is 0 Å². The summed E-state index contributed by atoms with van der Waals surface area (Å²) in [5, 5.41) is 23.4. The summed E-state index contributed by atoms with van der Waals surface area (Å²) in [7, 11) is 3.58. The molecular weight excluding hydrogens is 188 g/mol. The Kier molecular flexibility index (Phi) is 3.43. The van der Waals surface area contributed by atoms with Gasteiger partial charge in [0.2, 0.25) is 0 Å². The molecule has 1 aromatic carbocycles. The molecule has 0 aromatic heterocycles. The third-order valence-corrected chi connectivity index (χ3v) is 1.76. The molecule has 1 rings (SSSR count). The lowest BCUT2D eigenvalue weighted by molar-refractivity contribution is 0.440. The summed E-state index contributed by atoms with van der Waals surface area (Å²) in [6.45, 7) is 0. The van der Waals surface area contributed by atoms with E-state index in [1.165, 1.54) is 0 Å². The molecule has 4 nitrogen and oxygen atoms in total. The molecule has 0 N–H and O–H groups in total. The van der Waals surface area contributed by atoms with Crippen LogP contribution >= 0.6 is 0 Å². The Morgan fingerprint density at radius 1 is 1.27 bits per heavy atom. The molecule has 0 heterocycles. The highest BCUT2D eigenvalue weighted by molar-refractivity contribution is 5.84. The Morgan fingerprint density at radius 3 is 2.53 bits per heavy atom. The predicted molar refractivity (Wildman–Crippen MR) is 57.2 cm³/mol. The average Bonchev–Trinajstić information content (AvgIpc) is 2.25. The first kappa shape index (κ1) is 10.7. The first-order chi connectivity index (χ1) is 7.19. The van der Waals surface area contributed by atoms with Crippen LogP contribution in [0.2, 0.25) is 0 Å². The van der Waals surface area contributed by atoms with Crippen LogP contribution in [0.1, 0.15) is 16.7 Å². The Morgan fingerprint density at radius 2 is 2.00 bits per heavy atom. The van der Waals surface area contributed by atoms with Crippen molar-refractivity contribution in [3.63, 3.8) is 0 Å². The fourth-order valence-corrected chi connectivity index (χ4v) is 1.07. The van der Waals surface area contributed by atoms with Gasteiger partial charge in [0.15, 0.2) is 0 Å². The minimum Gasteiger partial charge on any atom is -0.303 e. The Bertz CT molecular complexity index is 460. The number of hydrazone groups is 1. The maximum Gasteiger partial charge on any atom is 0.101 e. The topological polar surface area (TPSA) is 63.2 Å². The van der Waals surface area contributed by atoms with Crippen molar-refractivity contribution in [2.45, 2.75) is 0 Å². The average molecular weight is 198 g/mol. The molecular formula is C11H10N4. The van der Waals surface area contributed by atoms with Crippen LogP contribution in [0, 0.1) is 22.7 Å². The molecule has 0 bridgehead atoms. The maximum atomic E-state index is 8.92. The van der Waals surface area contributed by atoms with Gasteiger partial charge in [0.05, 0.1) is 17.3 Å². The molecule has 0 unspecified atom stereocenters. The zero-order chi connectivity index (χ0) is 11.3. The summed E-state index contributed by atoms with van der Waals surface area (Å²) in [5.74, 6) is 0. The van der Waals surface area contributed by atoms with Gasteiger partial charge in [-0.05, 0) is 6.07 Å². The SMILES string of the molecule is CN(C)/N=C/c1cccc(C#N)c1C#N. The minimum atomic E-state index is 0.366. The van der Waals surface area contributed by atoms with Gasteiger partial charge < -0.3 is 5.01 Å². The third-order valence-electron chi connectivity index (χ3n) is 1.76. The zero-order valence-electron chi connectivity index (χ0n) is 8.60. The van der Waals surface area contributed by atoms with Gasteiger partial charge in [-0.2, -0.15) is 15.6 Å². The quantitative estimate of drug-likeness (QED) is 0.532. The van der Waals surface area contributed by atoms with E-state index in [9.17, 15) is 0 Å². The summed E-state index contributed by atoms with van der Waals surface area (Å²) < 4.78 is 0. The zero-order valence-corrected chi connectivity index (χ0v) is 8.60. The third kappa shape index (κ3) is 2.55. The van der Waals surface area contributed by atoms with Gasteiger partial charge in [-0.15, -0.1) is 0 Å². The molecule has 0 radical (unpaired) electrons. The molecule has 4 heteroatoms. The van der Waals surface area contributed by atoms with Crippen molar-refractivity contribution in [2.75, 3.05) is 14.1 Å². The fraction of sp³-hybridized carbons (Fsp3) is 0.182. The van der Waals surface area contributed by atoms with E-state index in [4.69, 9.17) is 10.5 Å². The highest BCUT2D eigenvalue weighted by Crippen LogP contribution is 2.11. The first-order valence-electron chi connectivity index (χ1n) is 4.33. The molecule has 0 aliphatic heterocycles. The van der Waals surface area contributed by atoms with Crippen LogP contribution < -0.4 is 0 Å². The Labute approximate surface area is 88.7 Å². The number of nitriles is 2. The van der Waals surface area contributed by atoms with Crippen LogP contribution in [0.4, 0.5) is 0 Å². The molecule has 0 saturated heterocycles. The summed E-state index contributed by atoms with van der Waals surface area (Å²) >= 11 is 0. The summed E-state index contributed by atoms with van der Waals surface area (Å²) in [4.78, 5) is 0. The molecule has 0 aliphatic rings. The van der Waals surface area contributed by atoms with E-state index in [-0.39, 0.29) is 0 Å². The minimum absolute atomic E-state index is 0.366. The lowest BCUT2D eigenvalue weighted by Crippen LogP contribution is -2.03. The molecule has 0 atom stereocenters. The standard InChI is InChI=1S/C11H10N4/c1-15(2)14-8-10-5-3-4-9(6-12)11(10)7-13/h3-5,8H,1-2H3/b14-8+. The van der Waals surface area contributed by atoms with Crippen LogP contribution in [-0.4, -0.2) is 25.3 Å². The molecule has 74 valence electrons. The monoisotopic (exact) mass is 198 g/mol. The van der Waals surface area contributed by atoms with Crippen LogP contribution in [0.5, 0.6) is 0 Å². The number of nitrogens with zero attached hydrogens (tertiary/aromatic N) is 4. The maximum absolute atomic E-state index is 8.92. The van der Waals surface area contributed by atoms with Gasteiger partial charge in [0.1, 0.15) is 12.1 Å². The number of hydrogen-bond donors (Lipinski definition) is 0. The van der Waals surface area contributed by atoms with E-state index in [1.54, 1.807) is 43.5 Å². The van der Waals surface area contributed by atoms with E-state index in [0.29, 0.717) is 16.7 Å². The van der Waals surface area contributed by atoms with E-state index in [0.717, 1.165) is 0 Å². The molecule has 15 heavy (non-hydrogen) atoms. The van der Waals surface area contributed by atoms with Crippen molar-refractivity contribution in [3.05, 3.63) is 34.9 Å². The molecule has 0 spiro atoms. The van der Waals surface area contributed by atoms with E-state index >= 15 is 0 Å². The van der Waals surface area contributed by atoms with Gasteiger partial charge in [-0.1, -0.05) is 12.1 Å². The van der Waals surface area contributed by atoms with Crippen molar-refractivity contribution in [3.8, 4) is 12.1 Å². The first-order valence-corrected chi connectivity index (χ1v) is 4.33. The smallest absolute Gasteiger partial charge is 0.101 e. The van der Waals surface area contributed by atoms with Crippen LogP contribution in [-0.2, 0) is 0 Å². The van der Waals surface area contributed by atoms with Gasteiger partial charge in [-0.3, -0.25) is 0 Å². The summed E-state index contributed by atoms with van der Waals surface area (Å²) in [6.07, 6.45) is 1.57. The van der Waals surface area contributed by atoms with Crippen molar-refractivity contribution in [1.29, 1.82) is 10.5 Å². The fourth-order valence-electron chi connectivity index (χ4n) is 1.07. The summed E-state index contributed by atoms with van der Waals surface area (Å²) in [5.41, 5.74) is 1.40. The normalized spacial score (nSPS) is 9.60. The lowest BCUT2D eigenvalue weighted by Gasteiger charge is -2.03. The van der Waals surface area contributed by atoms with Crippen molar-refractivity contribution in [1.82, 2.24) is 5.01 Å². The molecule has 0 fully saturated rings. The second-order valence-electron chi connectivity index (χ2n) is 3.09. The highest BCUT2D eigenvalue weighted by atomic mass is 15.4. The lowest BCUT2D eigenvalue weighted by atomic mass is 10.0. The van der Waals surface area contributed by atoms with Crippen LogP contribution in [0.3, 0.4) is 0 Å². The predicted octanol–water partition coefficient (Wildman–Crippen LogP) is 1.33. The Balaban J connectivity index is 3.21. The van der Waals surface area contributed by atoms with Gasteiger partial charge in [0.25, 0.3) is 0 Å². The molecule has 0 aliphatic carbocycles. The summed E-state index contributed by atoms with van der Waals surface area (Å²) in [6, 6.07) is 9.09. The molecule has 0 saturated carbocycles.